The second kappa shape index (κ2) is 18.8. The molecule has 0 saturated heterocycles. The predicted molar refractivity (Wildman–Crippen MR) is 0 cm³/mol. The van der Waals surface area contributed by atoms with Crippen LogP contribution in [0.5, 0.6) is 0 Å². The fraction of sp³-hybridized carbons (Fsp3) is 0. The predicted octanol–water partition coefficient (Wildman–Crippen LogP) is -8.99. The van der Waals surface area contributed by atoms with Crippen molar-refractivity contribution in [3.05, 3.63) is 0 Å². The van der Waals surface area contributed by atoms with E-state index in [1.165, 1.54) is 0 Å². The fourth-order valence-corrected chi connectivity index (χ4v) is 0. The number of hydrogen-bond donors (Lipinski definition) is 0. The van der Waals surface area contributed by atoms with Gasteiger partial charge in [-0.1, -0.05) is 0 Å². The van der Waals surface area contributed by atoms with Crippen LogP contribution in [0.15, 0.2) is 0 Å². The van der Waals surface area contributed by atoms with Gasteiger partial charge in [0.15, 0.2) is 0 Å². The Labute approximate surface area is 73.8 Å². The van der Waals surface area contributed by atoms with Crippen LogP contribution in [0, 0.1) is 0 Å². The third kappa shape index (κ3) is 8.87. The van der Waals surface area contributed by atoms with Crippen molar-refractivity contribution in [3.8, 4) is 0 Å². The minimum Gasteiger partial charge on any atom is -1.00 e. The molecular weight excluding hydrogens is 235 g/mol. The summed E-state index contributed by atoms with van der Waals surface area (Å²) in [4.78, 5) is 0. The van der Waals surface area contributed by atoms with Crippen LogP contribution >= 0.6 is 0 Å². The summed E-state index contributed by atoms with van der Waals surface area (Å²) in [6.07, 6.45) is 0. The molecule has 4 heteroatoms. The number of halogens is 2. The van der Waals surface area contributed by atoms with E-state index in [4.69, 9.17) is 0 Å². The molecule has 0 radical (unpaired) electrons. The largest absolute Gasteiger partial charge is 2.00 e. The standard InChI is InChI=1S/ClH.HI.Li.Zn/h2*1H;;/q;;+1;+2/p-2. The van der Waals surface area contributed by atoms with Crippen LogP contribution in [0.4, 0.5) is 0 Å². The molecule has 0 aliphatic heterocycles. The summed E-state index contributed by atoms with van der Waals surface area (Å²) in [5.41, 5.74) is 0. The van der Waals surface area contributed by atoms with Gasteiger partial charge in [-0.25, -0.2) is 0 Å². The van der Waals surface area contributed by atoms with Gasteiger partial charge < -0.3 is 36.4 Å². The summed E-state index contributed by atoms with van der Waals surface area (Å²) in [7, 11) is 0. The van der Waals surface area contributed by atoms with Crippen LogP contribution in [0.3, 0.4) is 0 Å². The van der Waals surface area contributed by atoms with E-state index < -0.39 is 0 Å². The average Bonchev–Trinajstić information content (AvgIpc) is 0. The molecular formula is ClILiZn+. The second-order valence-electron chi connectivity index (χ2n) is 0. The Morgan fingerprint density at radius 1 is 1.00 bits per heavy atom. The molecule has 0 N–H and O–H groups in total. The normalized spacial score (nSPS) is 0. The molecule has 0 aromatic heterocycles. The van der Waals surface area contributed by atoms with E-state index in [9.17, 15) is 0 Å². The first-order valence-electron chi connectivity index (χ1n) is 0. The van der Waals surface area contributed by atoms with Gasteiger partial charge >= 0.3 is 38.3 Å². The first kappa shape index (κ1) is 34.1. The van der Waals surface area contributed by atoms with Crippen molar-refractivity contribution in [3.63, 3.8) is 0 Å². The molecule has 0 aliphatic rings. The number of rotatable bonds is 0. The maximum Gasteiger partial charge on any atom is 2.00 e. The van der Waals surface area contributed by atoms with Gasteiger partial charge in [-0.3, -0.25) is 0 Å². The molecule has 0 atom stereocenters. The van der Waals surface area contributed by atoms with Gasteiger partial charge in [-0.2, -0.15) is 0 Å². The third-order valence-electron chi connectivity index (χ3n) is 0. The summed E-state index contributed by atoms with van der Waals surface area (Å²) in [5.74, 6) is 0. The van der Waals surface area contributed by atoms with Gasteiger partial charge in [0.1, 0.15) is 0 Å². The van der Waals surface area contributed by atoms with Gasteiger partial charge in [0.25, 0.3) is 0 Å². The summed E-state index contributed by atoms with van der Waals surface area (Å²) in [5, 5.41) is 0. The van der Waals surface area contributed by atoms with E-state index in [1.807, 2.05) is 0 Å². The maximum absolute atomic E-state index is 0. The molecule has 0 spiro atoms. The van der Waals surface area contributed by atoms with Crippen molar-refractivity contribution in [2.24, 2.45) is 0 Å². The van der Waals surface area contributed by atoms with Crippen molar-refractivity contribution in [1.82, 2.24) is 0 Å². The molecule has 0 aromatic carbocycles. The number of hydrogen-bond acceptors (Lipinski definition) is 0. The van der Waals surface area contributed by atoms with Crippen LogP contribution < -0.4 is 55.2 Å². The molecule has 0 bridgehead atoms. The Hall–Kier alpha value is 2.24. The average molecular weight is 235 g/mol. The fourth-order valence-electron chi connectivity index (χ4n) is 0. The van der Waals surface area contributed by atoms with E-state index in [-0.39, 0.29) is 74.7 Å². The zero-order chi connectivity index (χ0) is 0. The van der Waals surface area contributed by atoms with Crippen LogP contribution in [0.25, 0.3) is 0 Å². The topological polar surface area (TPSA) is 0 Å². The summed E-state index contributed by atoms with van der Waals surface area (Å²) >= 11 is 0. The third-order valence-corrected chi connectivity index (χ3v) is 0. The zero-order valence-electron chi connectivity index (χ0n) is 2.46. The van der Waals surface area contributed by atoms with Crippen LogP contribution in [-0.4, -0.2) is 0 Å². The van der Waals surface area contributed by atoms with Gasteiger partial charge in [0.05, 0.1) is 0 Å². The van der Waals surface area contributed by atoms with Crippen LogP contribution in [-0.2, 0) is 19.5 Å². The minimum atomic E-state index is 0. The van der Waals surface area contributed by atoms with Crippen LogP contribution in [0.1, 0.15) is 0 Å². The Kier molecular flexibility index (Phi) is 160. The van der Waals surface area contributed by atoms with Crippen molar-refractivity contribution in [2.75, 3.05) is 0 Å². The van der Waals surface area contributed by atoms with Gasteiger partial charge in [-0.05, 0) is 0 Å². The molecule has 0 nitrogen and oxygen atoms in total. The Bertz CT molecular complexity index is 8.00. The second-order valence-corrected chi connectivity index (χ2v) is 0. The molecule has 0 rings (SSSR count). The zero-order valence-corrected chi connectivity index (χ0v) is 8.34. The summed E-state index contributed by atoms with van der Waals surface area (Å²) in [6.45, 7) is 0. The van der Waals surface area contributed by atoms with Crippen molar-refractivity contribution in [2.45, 2.75) is 0 Å². The molecule has 0 fully saturated rings. The molecule has 0 heterocycles. The van der Waals surface area contributed by atoms with Crippen molar-refractivity contribution in [1.29, 1.82) is 0 Å². The Morgan fingerprint density at radius 3 is 1.00 bits per heavy atom. The molecule has 0 aliphatic carbocycles. The van der Waals surface area contributed by atoms with Crippen molar-refractivity contribution < 1.29 is 74.7 Å². The Morgan fingerprint density at radius 2 is 1.00 bits per heavy atom. The molecule has 0 aromatic rings. The van der Waals surface area contributed by atoms with Crippen molar-refractivity contribution >= 4 is 0 Å². The SMILES string of the molecule is [Cl-].[I-].[Li+].[Zn+2]. The van der Waals surface area contributed by atoms with E-state index >= 15 is 0 Å². The van der Waals surface area contributed by atoms with E-state index in [0.717, 1.165) is 0 Å². The van der Waals surface area contributed by atoms with Gasteiger partial charge in [-0.15, -0.1) is 0 Å². The van der Waals surface area contributed by atoms with E-state index in [2.05, 4.69) is 0 Å². The quantitative estimate of drug-likeness (QED) is 0.289. The first-order chi connectivity index (χ1) is 0. The van der Waals surface area contributed by atoms with E-state index in [0.29, 0.717) is 0 Å². The smallest absolute Gasteiger partial charge is 1.00 e. The van der Waals surface area contributed by atoms with Crippen LogP contribution in [0.2, 0.25) is 0 Å². The maximum atomic E-state index is 0. The molecule has 4 heavy (non-hydrogen) atoms. The molecule has 16 valence electrons. The Balaban J connectivity index is 0. The minimum absolute atomic E-state index is 0. The summed E-state index contributed by atoms with van der Waals surface area (Å²) in [6, 6.07) is 0. The first-order valence-corrected chi connectivity index (χ1v) is 0. The van der Waals surface area contributed by atoms with E-state index in [1.54, 1.807) is 0 Å². The molecule has 0 unspecified atom stereocenters. The summed E-state index contributed by atoms with van der Waals surface area (Å²) < 4.78 is 0. The van der Waals surface area contributed by atoms with Gasteiger partial charge in [0, 0.05) is 0 Å². The van der Waals surface area contributed by atoms with Gasteiger partial charge in [0.2, 0.25) is 0 Å². The monoisotopic (exact) mass is 233 g/mol. The molecule has 0 amide bonds. The molecule has 0 saturated carbocycles.